The maximum atomic E-state index is 12.1. The van der Waals surface area contributed by atoms with Crippen LogP contribution in [-0.4, -0.2) is 17.2 Å². The van der Waals surface area contributed by atoms with E-state index in [9.17, 15) is 4.79 Å². The minimum atomic E-state index is 0.0767. The molecule has 118 valence electrons. The smallest absolute Gasteiger partial charge is 0.186 e. The van der Waals surface area contributed by atoms with Crippen molar-refractivity contribution in [1.29, 1.82) is 0 Å². The molecule has 0 aliphatic rings. The molecule has 4 nitrogen and oxygen atoms in total. The first kappa shape index (κ1) is 16.3. The van der Waals surface area contributed by atoms with Crippen LogP contribution in [0.3, 0.4) is 0 Å². The van der Waals surface area contributed by atoms with Crippen molar-refractivity contribution >= 4 is 0 Å². The molecule has 2 aromatic rings. The van der Waals surface area contributed by atoms with Crippen LogP contribution in [0.5, 0.6) is 5.75 Å². The normalized spacial score (nSPS) is 11.0. The van der Waals surface area contributed by atoms with E-state index in [4.69, 9.17) is 4.74 Å². The highest BCUT2D eigenvalue weighted by atomic mass is 16.5. The van der Waals surface area contributed by atoms with Gasteiger partial charge in [0.05, 0.1) is 6.61 Å². The Hall–Kier alpha value is -2.07. The number of benzene rings is 1. The van der Waals surface area contributed by atoms with Gasteiger partial charge in [0.25, 0.3) is 0 Å². The molecule has 1 aromatic heterocycles. The van der Waals surface area contributed by atoms with E-state index in [0.29, 0.717) is 19.2 Å². The van der Waals surface area contributed by atoms with Crippen LogP contribution >= 0.6 is 0 Å². The highest BCUT2D eigenvalue weighted by molar-refractivity contribution is 5.39. The molecule has 0 fully saturated rings. The van der Waals surface area contributed by atoms with Gasteiger partial charge in [-0.3, -0.25) is 4.79 Å². The Kier molecular flexibility index (Phi) is 5.39. The van der Waals surface area contributed by atoms with E-state index in [1.807, 2.05) is 48.9 Å². The molecule has 0 unspecified atom stereocenters. The van der Waals surface area contributed by atoms with E-state index >= 15 is 0 Å². The third-order valence-corrected chi connectivity index (χ3v) is 3.45. The average Bonchev–Trinajstić information content (AvgIpc) is 2.47. The Morgan fingerprint density at radius 1 is 1.23 bits per heavy atom. The largest absolute Gasteiger partial charge is 0.494 e. The number of ether oxygens (including phenoxy) is 1. The van der Waals surface area contributed by atoms with Gasteiger partial charge in [0.1, 0.15) is 5.75 Å². The van der Waals surface area contributed by atoms with Crippen LogP contribution in [0.1, 0.15) is 32.0 Å². The number of nitrogens with zero attached hydrogens (tertiary/aromatic N) is 1. The summed E-state index contributed by atoms with van der Waals surface area (Å²) in [5.74, 6) is 0.853. The van der Waals surface area contributed by atoms with Gasteiger partial charge in [-0.15, -0.1) is 0 Å². The summed E-state index contributed by atoms with van der Waals surface area (Å²) in [5.41, 5.74) is 2.79. The van der Waals surface area contributed by atoms with Crippen molar-refractivity contribution in [2.24, 2.45) is 0 Å². The molecule has 0 aliphatic heterocycles. The molecule has 0 bridgehead atoms. The van der Waals surface area contributed by atoms with Crippen molar-refractivity contribution in [3.8, 4) is 11.4 Å². The third-order valence-electron chi connectivity index (χ3n) is 3.45. The van der Waals surface area contributed by atoms with Gasteiger partial charge in [-0.25, -0.2) is 0 Å². The zero-order valence-corrected chi connectivity index (χ0v) is 13.7. The maximum Gasteiger partial charge on any atom is 0.186 e. The van der Waals surface area contributed by atoms with Gasteiger partial charge in [-0.2, -0.15) is 0 Å². The number of pyridine rings is 1. The second-order valence-electron chi connectivity index (χ2n) is 5.64. The Morgan fingerprint density at radius 3 is 2.50 bits per heavy atom. The fraction of sp³-hybridized carbons (Fsp3) is 0.389. The molecule has 0 amide bonds. The van der Waals surface area contributed by atoms with E-state index in [1.165, 1.54) is 0 Å². The summed E-state index contributed by atoms with van der Waals surface area (Å²) in [4.78, 5) is 12.1. The van der Waals surface area contributed by atoms with Crippen LogP contribution in [0.25, 0.3) is 5.69 Å². The third kappa shape index (κ3) is 3.98. The highest BCUT2D eigenvalue weighted by Crippen LogP contribution is 2.16. The van der Waals surface area contributed by atoms with Gasteiger partial charge in [0.2, 0.25) is 0 Å². The van der Waals surface area contributed by atoms with Crippen LogP contribution < -0.4 is 15.5 Å². The zero-order chi connectivity index (χ0) is 16.1. The molecule has 1 aromatic carbocycles. The lowest BCUT2D eigenvalue weighted by molar-refractivity contribution is 0.340. The van der Waals surface area contributed by atoms with Crippen LogP contribution in [0, 0.1) is 6.92 Å². The van der Waals surface area contributed by atoms with E-state index in [-0.39, 0.29) is 5.43 Å². The van der Waals surface area contributed by atoms with Crippen molar-refractivity contribution in [1.82, 2.24) is 9.88 Å². The number of hydrogen-bond donors (Lipinski definition) is 1. The Labute approximate surface area is 131 Å². The van der Waals surface area contributed by atoms with Crippen molar-refractivity contribution in [3.05, 3.63) is 58.0 Å². The van der Waals surface area contributed by atoms with Gasteiger partial charge in [0, 0.05) is 41.8 Å². The lowest BCUT2D eigenvalue weighted by Crippen LogP contribution is -2.26. The maximum absolute atomic E-state index is 12.1. The molecular weight excluding hydrogens is 276 g/mol. The molecule has 4 heteroatoms. The Morgan fingerprint density at radius 2 is 1.91 bits per heavy atom. The summed E-state index contributed by atoms with van der Waals surface area (Å²) in [7, 11) is 0. The Balaban J connectivity index is 2.33. The number of hydrogen-bond acceptors (Lipinski definition) is 3. The van der Waals surface area contributed by atoms with Crippen LogP contribution in [0.4, 0.5) is 0 Å². The predicted octanol–water partition coefficient (Wildman–Crippen LogP) is 3.04. The van der Waals surface area contributed by atoms with E-state index in [0.717, 1.165) is 22.7 Å². The van der Waals surface area contributed by atoms with Crippen molar-refractivity contribution in [2.75, 3.05) is 6.61 Å². The molecule has 1 N–H and O–H groups in total. The second-order valence-corrected chi connectivity index (χ2v) is 5.64. The summed E-state index contributed by atoms with van der Waals surface area (Å²) in [5, 5.41) is 3.29. The SMILES string of the molecule is CCOc1ccc(-n2cc(CNC(C)C)c(=O)cc2C)cc1. The van der Waals surface area contributed by atoms with Gasteiger partial charge < -0.3 is 14.6 Å². The summed E-state index contributed by atoms with van der Waals surface area (Å²) in [6.45, 7) is 9.28. The van der Waals surface area contributed by atoms with Gasteiger partial charge in [0.15, 0.2) is 5.43 Å². The van der Waals surface area contributed by atoms with Crippen molar-refractivity contribution < 1.29 is 4.74 Å². The first-order valence-electron chi connectivity index (χ1n) is 7.70. The molecule has 0 saturated carbocycles. The number of nitrogens with one attached hydrogen (secondary N) is 1. The molecule has 0 radical (unpaired) electrons. The van der Waals surface area contributed by atoms with Crippen LogP contribution in [0.15, 0.2) is 41.3 Å². The Bertz CT molecular complexity index is 672. The second kappa shape index (κ2) is 7.27. The fourth-order valence-electron chi connectivity index (χ4n) is 2.27. The fourth-order valence-corrected chi connectivity index (χ4v) is 2.27. The summed E-state index contributed by atoms with van der Waals surface area (Å²) < 4.78 is 7.50. The molecule has 2 rings (SSSR count). The van der Waals surface area contributed by atoms with E-state index in [2.05, 4.69) is 19.2 Å². The van der Waals surface area contributed by atoms with E-state index in [1.54, 1.807) is 6.07 Å². The molecule has 0 atom stereocenters. The summed E-state index contributed by atoms with van der Waals surface area (Å²) in [6.07, 6.45) is 1.92. The average molecular weight is 300 g/mol. The monoisotopic (exact) mass is 300 g/mol. The topological polar surface area (TPSA) is 43.3 Å². The summed E-state index contributed by atoms with van der Waals surface area (Å²) >= 11 is 0. The highest BCUT2D eigenvalue weighted by Gasteiger charge is 2.06. The zero-order valence-electron chi connectivity index (χ0n) is 13.7. The number of aromatic nitrogens is 1. The predicted molar refractivity (Wildman–Crippen MR) is 89.9 cm³/mol. The van der Waals surface area contributed by atoms with Crippen LogP contribution in [-0.2, 0) is 6.54 Å². The van der Waals surface area contributed by atoms with E-state index < -0.39 is 0 Å². The van der Waals surface area contributed by atoms with Crippen molar-refractivity contribution in [3.63, 3.8) is 0 Å². The van der Waals surface area contributed by atoms with Gasteiger partial charge in [-0.1, -0.05) is 13.8 Å². The van der Waals surface area contributed by atoms with Gasteiger partial charge >= 0.3 is 0 Å². The number of rotatable bonds is 6. The minimum absolute atomic E-state index is 0.0767. The standard InChI is InChI=1S/C18H24N2O2/c1-5-22-17-8-6-16(7-9-17)20-12-15(11-19-13(2)3)18(21)10-14(20)4/h6-10,12-13,19H,5,11H2,1-4H3. The summed E-state index contributed by atoms with van der Waals surface area (Å²) in [6, 6.07) is 9.93. The number of aryl methyl sites for hydroxylation is 1. The molecular formula is C18H24N2O2. The quantitative estimate of drug-likeness (QED) is 0.891. The lowest BCUT2D eigenvalue weighted by Gasteiger charge is -2.14. The minimum Gasteiger partial charge on any atom is -0.494 e. The molecule has 22 heavy (non-hydrogen) atoms. The first-order valence-corrected chi connectivity index (χ1v) is 7.70. The first-order chi connectivity index (χ1) is 10.5. The van der Waals surface area contributed by atoms with Crippen LogP contribution in [0.2, 0.25) is 0 Å². The lowest BCUT2D eigenvalue weighted by atomic mass is 10.2. The molecule has 1 heterocycles. The molecule has 0 aliphatic carbocycles. The van der Waals surface area contributed by atoms with Gasteiger partial charge in [-0.05, 0) is 38.1 Å². The molecule has 0 spiro atoms. The van der Waals surface area contributed by atoms with Crippen molar-refractivity contribution in [2.45, 2.75) is 40.3 Å². The molecule has 0 saturated heterocycles.